The van der Waals surface area contributed by atoms with E-state index in [0.717, 1.165) is 36.1 Å². The Kier molecular flexibility index (Phi) is 3.49. The number of carbonyl (C=O) groups is 1. The van der Waals surface area contributed by atoms with Crippen molar-refractivity contribution in [3.05, 3.63) is 47.8 Å². The van der Waals surface area contributed by atoms with Gasteiger partial charge in [-0.2, -0.15) is 10.2 Å². The molecule has 3 aliphatic heterocycles. The number of allylic oxidation sites excluding steroid dienone is 2. The number of aromatic nitrogens is 4. The number of nitrogens with one attached hydrogen (secondary N) is 1. The third kappa shape index (κ3) is 2.57. The maximum absolute atomic E-state index is 12.8. The van der Waals surface area contributed by atoms with Crippen molar-refractivity contribution in [1.29, 1.82) is 0 Å². The number of carbonyl (C=O) groups excluding carboxylic acids is 1. The minimum Gasteiger partial charge on any atom is -0.357 e. The van der Waals surface area contributed by atoms with E-state index in [9.17, 15) is 4.79 Å². The van der Waals surface area contributed by atoms with E-state index in [1.54, 1.807) is 20.5 Å². The Balaban J connectivity index is 1.40. The molecule has 5 heterocycles. The van der Waals surface area contributed by atoms with Gasteiger partial charge in [0.1, 0.15) is 11.6 Å². The van der Waals surface area contributed by atoms with Crippen LogP contribution >= 0.6 is 0 Å². The van der Waals surface area contributed by atoms with Crippen LogP contribution in [0.25, 0.3) is 5.82 Å². The molecule has 1 saturated heterocycles. The number of rotatable bonds is 3. The van der Waals surface area contributed by atoms with Crippen molar-refractivity contribution in [1.82, 2.24) is 34.9 Å². The lowest BCUT2D eigenvalue weighted by Crippen LogP contribution is -2.42. The molecule has 0 saturated carbocycles. The molecule has 9 heteroatoms. The summed E-state index contributed by atoms with van der Waals surface area (Å²) in [5, 5.41) is 10.7. The van der Waals surface area contributed by atoms with Crippen LogP contribution in [0, 0.1) is 0 Å². The van der Waals surface area contributed by atoms with Gasteiger partial charge in [0.2, 0.25) is 0 Å². The average Bonchev–Trinajstić information content (AvgIpc) is 3.41. The van der Waals surface area contributed by atoms with Crippen LogP contribution < -0.4 is 10.3 Å². The molecule has 5 rings (SSSR count). The van der Waals surface area contributed by atoms with Gasteiger partial charge in [-0.1, -0.05) is 0 Å². The first-order chi connectivity index (χ1) is 13.1. The van der Waals surface area contributed by atoms with Crippen molar-refractivity contribution in [2.75, 3.05) is 25.0 Å². The maximum Gasteiger partial charge on any atom is 0.262 e. The summed E-state index contributed by atoms with van der Waals surface area (Å²) in [6, 6.07) is 0. The summed E-state index contributed by atoms with van der Waals surface area (Å²) in [5.74, 6) is 1.95. The minimum atomic E-state index is -0.0374. The minimum absolute atomic E-state index is 0.0374. The Labute approximate surface area is 157 Å². The molecule has 0 radical (unpaired) electrons. The molecule has 0 unspecified atom stereocenters. The highest BCUT2D eigenvalue weighted by molar-refractivity contribution is 6.09. The van der Waals surface area contributed by atoms with Crippen molar-refractivity contribution in [3.8, 4) is 0 Å². The Hall–Kier alpha value is -3.23. The smallest absolute Gasteiger partial charge is 0.262 e. The van der Waals surface area contributed by atoms with E-state index in [-0.39, 0.29) is 5.91 Å². The Bertz CT molecular complexity index is 962. The number of hydrogen-bond donors (Lipinski definition) is 1. The molecule has 2 aromatic rings. The summed E-state index contributed by atoms with van der Waals surface area (Å²) >= 11 is 0. The van der Waals surface area contributed by atoms with Gasteiger partial charge in [0.25, 0.3) is 5.91 Å². The van der Waals surface area contributed by atoms with Gasteiger partial charge in [-0.3, -0.25) is 24.8 Å². The van der Waals surface area contributed by atoms with Crippen molar-refractivity contribution >= 4 is 17.4 Å². The van der Waals surface area contributed by atoms with Crippen LogP contribution in [-0.2, 0) is 13.6 Å². The predicted molar refractivity (Wildman–Crippen MR) is 100 cm³/mol. The topological polar surface area (TPSA) is 74.5 Å². The number of nitrogens with zero attached hydrogens (tertiary/aromatic N) is 7. The molecule has 0 atom stereocenters. The summed E-state index contributed by atoms with van der Waals surface area (Å²) in [5.41, 5.74) is 5.62. The number of hydrogen-bond acceptors (Lipinski definition) is 6. The highest BCUT2D eigenvalue weighted by atomic mass is 16.2. The molecule has 1 fully saturated rings. The highest BCUT2D eigenvalue weighted by Gasteiger charge is 2.33. The van der Waals surface area contributed by atoms with Crippen LogP contribution in [0.2, 0.25) is 0 Å². The van der Waals surface area contributed by atoms with E-state index in [1.165, 1.54) is 12.8 Å². The van der Waals surface area contributed by atoms with Gasteiger partial charge in [0, 0.05) is 39.6 Å². The van der Waals surface area contributed by atoms with Crippen LogP contribution in [0.4, 0.5) is 5.69 Å². The zero-order chi connectivity index (χ0) is 18.5. The van der Waals surface area contributed by atoms with E-state index < -0.39 is 0 Å². The average molecular weight is 366 g/mol. The molecule has 2 aromatic heterocycles. The molecule has 0 aromatic carbocycles. The second-order valence-electron chi connectivity index (χ2n) is 7.14. The zero-order valence-corrected chi connectivity index (χ0v) is 15.5. The summed E-state index contributed by atoms with van der Waals surface area (Å²) in [6.07, 6.45) is 11.9. The van der Waals surface area contributed by atoms with E-state index in [4.69, 9.17) is 0 Å². The molecule has 0 aliphatic carbocycles. The largest absolute Gasteiger partial charge is 0.357 e. The number of likely N-dealkylation sites (tertiary alicyclic amines) is 1. The zero-order valence-electron chi connectivity index (χ0n) is 15.5. The van der Waals surface area contributed by atoms with Crippen LogP contribution in [0.3, 0.4) is 0 Å². The first-order valence-electron chi connectivity index (χ1n) is 9.17. The molecular formula is C18H22N8O. The van der Waals surface area contributed by atoms with Crippen LogP contribution in [0.1, 0.15) is 28.9 Å². The summed E-state index contributed by atoms with van der Waals surface area (Å²) in [6.45, 7) is 2.64. The second-order valence-corrected chi connectivity index (χ2v) is 7.14. The van der Waals surface area contributed by atoms with Crippen LogP contribution in [0.15, 0.2) is 36.6 Å². The van der Waals surface area contributed by atoms with Crippen molar-refractivity contribution in [2.45, 2.75) is 19.4 Å². The van der Waals surface area contributed by atoms with Gasteiger partial charge in [-0.25, -0.2) is 4.68 Å². The molecule has 0 bridgehead atoms. The van der Waals surface area contributed by atoms with Gasteiger partial charge < -0.3 is 4.90 Å². The van der Waals surface area contributed by atoms with E-state index >= 15 is 0 Å². The Morgan fingerprint density at radius 2 is 1.93 bits per heavy atom. The van der Waals surface area contributed by atoms with Gasteiger partial charge in [0.05, 0.1) is 29.7 Å². The van der Waals surface area contributed by atoms with E-state index in [0.29, 0.717) is 12.1 Å². The fourth-order valence-electron chi connectivity index (χ4n) is 3.84. The Morgan fingerprint density at radius 3 is 2.59 bits per heavy atom. The first-order valence-corrected chi connectivity index (χ1v) is 9.17. The van der Waals surface area contributed by atoms with Gasteiger partial charge in [-0.15, -0.1) is 0 Å². The van der Waals surface area contributed by atoms with Gasteiger partial charge in [-0.05, 0) is 25.0 Å². The monoisotopic (exact) mass is 366 g/mol. The van der Waals surface area contributed by atoms with Crippen molar-refractivity contribution < 1.29 is 4.79 Å². The Morgan fingerprint density at radius 1 is 1.11 bits per heavy atom. The molecule has 3 aliphatic rings. The lowest BCUT2D eigenvalue weighted by atomic mass is 10.3. The lowest BCUT2D eigenvalue weighted by Gasteiger charge is -2.33. The molecule has 0 spiro atoms. The standard InChI is InChI=1S/C18H22N8O/c1-22-10-13(9-19-22)25-12-15-14(18(25)27)11-26(20-15)17-6-5-16(21-23(17)2)24-7-3-4-8-24/h5-6,9-11,21H,3-4,7-8,12H2,1-2H3. The summed E-state index contributed by atoms with van der Waals surface area (Å²) in [7, 11) is 3.80. The third-order valence-corrected chi connectivity index (χ3v) is 5.27. The number of hydrazine groups is 1. The van der Waals surface area contributed by atoms with Crippen LogP contribution in [0.5, 0.6) is 0 Å². The predicted octanol–water partition coefficient (Wildman–Crippen LogP) is 0.963. The quantitative estimate of drug-likeness (QED) is 0.872. The van der Waals surface area contributed by atoms with E-state index in [1.807, 2.05) is 37.6 Å². The normalized spacial score (nSPS) is 19.3. The van der Waals surface area contributed by atoms with E-state index in [2.05, 4.69) is 26.6 Å². The number of fused-ring (bicyclic) bond motifs is 1. The molecule has 140 valence electrons. The third-order valence-electron chi connectivity index (χ3n) is 5.27. The lowest BCUT2D eigenvalue weighted by molar-refractivity contribution is 0.0996. The number of amides is 1. The molecule has 9 nitrogen and oxygen atoms in total. The summed E-state index contributed by atoms with van der Waals surface area (Å²) < 4.78 is 3.46. The van der Waals surface area contributed by atoms with Crippen molar-refractivity contribution in [3.63, 3.8) is 0 Å². The van der Waals surface area contributed by atoms with Crippen molar-refractivity contribution in [2.24, 2.45) is 7.05 Å². The second kappa shape index (κ2) is 5.90. The number of aryl methyl sites for hydroxylation is 1. The maximum atomic E-state index is 12.8. The fourth-order valence-corrected chi connectivity index (χ4v) is 3.84. The fraction of sp³-hybridized carbons (Fsp3) is 0.389. The SMILES string of the molecule is CN1NC(N2CCCC2)=CC=C1n1cc2c(n1)CN(c1cnn(C)c1)C2=O. The summed E-state index contributed by atoms with van der Waals surface area (Å²) in [4.78, 5) is 16.8. The first kappa shape index (κ1) is 16.0. The van der Waals surface area contributed by atoms with Crippen LogP contribution in [-0.4, -0.2) is 55.5 Å². The highest BCUT2D eigenvalue weighted by Crippen LogP contribution is 2.28. The van der Waals surface area contributed by atoms with Gasteiger partial charge in [0.15, 0.2) is 0 Å². The molecule has 1 N–H and O–H groups in total. The molecule has 27 heavy (non-hydrogen) atoms. The number of anilines is 1. The van der Waals surface area contributed by atoms with Gasteiger partial charge >= 0.3 is 0 Å². The molecular weight excluding hydrogens is 344 g/mol. The molecule has 1 amide bonds.